The first-order valence-electron chi connectivity index (χ1n) is 7.20. The molecule has 1 amide bonds. The molecule has 0 saturated heterocycles. The van der Waals surface area contributed by atoms with Gasteiger partial charge in [-0.1, -0.05) is 18.2 Å². The molecule has 0 atom stereocenters. The van der Waals surface area contributed by atoms with Crippen molar-refractivity contribution >= 4 is 17.8 Å². The number of carbonyl (C=O) groups is 1. The van der Waals surface area contributed by atoms with Crippen molar-refractivity contribution in [3.8, 4) is 11.5 Å². The first-order valence-corrected chi connectivity index (χ1v) is 7.20. The molecular weight excluding hydrogens is 311 g/mol. The van der Waals surface area contributed by atoms with Gasteiger partial charge in [0.2, 0.25) is 0 Å². The van der Waals surface area contributed by atoms with Crippen molar-refractivity contribution in [1.82, 2.24) is 5.32 Å². The second-order valence-electron chi connectivity index (χ2n) is 5.07. The molecular formula is C18H15FN2O3. The summed E-state index contributed by atoms with van der Waals surface area (Å²) in [6, 6.07) is 11.6. The number of halogens is 1. The minimum Gasteiger partial charge on any atom is -0.497 e. The van der Waals surface area contributed by atoms with Gasteiger partial charge < -0.3 is 14.8 Å². The number of nitrogens with one attached hydrogen (secondary N) is 1. The molecule has 1 aliphatic rings. The van der Waals surface area contributed by atoms with Crippen LogP contribution in [0.25, 0.3) is 6.08 Å². The van der Waals surface area contributed by atoms with Crippen LogP contribution in [0.5, 0.6) is 11.5 Å². The lowest BCUT2D eigenvalue weighted by Gasteiger charge is -2.03. The molecule has 1 aliphatic heterocycles. The zero-order valence-electron chi connectivity index (χ0n) is 13.2. The topological polar surface area (TPSA) is 59.9 Å². The molecule has 0 unspecified atom stereocenters. The fourth-order valence-electron chi connectivity index (χ4n) is 2.31. The van der Waals surface area contributed by atoms with Gasteiger partial charge in [-0.25, -0.2) is 9.38 Å². The van der Waals surface area contributed by atoms with E-state index in [1.807, 2.05) is 12.1 Å². The van der Waals surface area contributed by atoms with E-state index in [-0.39, 0.29) is 17.4 Å². The zero-order chi connectivity index (χ0) is 17.1. The van der Waals surface area contributed by atoms with Crippen LogP contribution in [0.1, 0.15) is 11.1 Å². The number of benzene rings is 2. The summed E-state index contributed by atoms with van der Waals surface area (Å²) in [4.78, 5) is 16.4. The monoisotopic (exact) mass is 326 g/mol. The van der Waals surface area contributed by atoms with E-state index < -0.39 is 5.82 Å². The summed E-state index contributed by atoms with van der Waals surface area (Å²) in [6.07, 6.45) is 1.52. The number of nitrogens with zero attached hydrogens (tertiary/aromatic N) is 1. The van der Waals surface area contributed by atoms with Gasteiger partial charge >= 0.3 is 0 Å². The summed E-state index contributed by atoms with van der Waals surface area (Å²) in [7, 11) is 2.96. The molecule has 2 aromatic carbocycles. The lowest BCUT2D eigenvalue weighted by molar-refractivity contribution is -0.115. The van der Waals surface area contributed by atoms with Crippen molar-refractivity contribution < 1.29 is 18.7 Å². The SMILES string of the molecule is COc1cccc(C2=N/C(=C/c3ccc(OC)c(F)c3)C(=O)N2)c1. The third-order valence-corrected chi connectivity index (χ3v) is 3.52. The standard InChI is InChI=1S/C18H15FN2O3/c1-23-13-5-3-4-12(10-13)17-20-15(18(22)21-17)9-11-6-7-16(24-2)14(19)8-11/h3-10H,1-2H3,(H,20,21,22)/b15-9+. The maximum Gasteiger partial charge on any atom is 0.275 e. The molecule has 6 heteroatoms. The normalized spacial score (nSPS) is 15.2. The maximum atomic E-state index is 13.7. The van der Waals surface area contributed by atoms with Gasteiger partial charge in [-0.2, -0.15) is 0 Å². The number of amides is 1. The average molecular weight is 326 g/mol. The van der Waals surface area contributed by atoms with E-state index in [1.165, 1.54) is 25.3 Å². The van der Waals surface area contributed by atoms with E-state index >= 15 is 0 Å². The number of carbonyl (C=O) groups excluding carboxylic acids is 1. The van der Waals surface area contributed by atoms with E-state index in [0.717, 1.165) is 5.56 Å². The van der Waals surface area contributed by atoms with Gasteiger partial charge in [-0.05, 0) is 35.9 Å². The smallest absolute Gasteiger partial charge is 0.275 e. The number of rotatable bonds is 4. The molecule has 0 fully saturated rings. The van der Waals surface area contributed by atoms with Crippen LogP contribution in [0.15, 0.2) is 53.2 Å². The number of hydrogen-bond acceptors (Lipinski definition) is 4. The molecule has 0 aliphatic carbocycles. The Kier molecular flexibility index (Phi) is 4.29. The number of ether oxygens (including phenoxy) is 2. The summed E-state index contributed by atoms with van der Waals surface area (Å²) < 4.78 is 23.8. The molecule has 0 bridgehead atoms. The maximum absolute atomic E-state index is 13.7. The molecule has 3 rings (SSSR count). The van der Waals surface area contributed by atoms with Gasteiger partial charge in [0.05, 0.1) is 14.2 Å². The summed E-state index contributed by atoms with van der Waals surface area (Å²) >= 11 is 0. The van der Waals surface area contributed by atoms with Crippen molar-refractivity contribution in [3.63, 3.8) is 0 Å². The van der Waals surface area contributed by atoms with Crippen LogP contribution in [0, 0.1) is 5.82 Å². The molecule has 5 nitrogen and oxygen atoms in total. The van der Waals surface area contributed by atoms with Crippen LogP contribution < -0.4 is 14.8 Å². The van der Waals surface area contributed by atoms with Crippen molar-refractivity contribution in [3.05, 3.63) is 65.1 Å². The largest absolute Gasteiger partial charge is 0.497 e. The van der Waals surface area contributed by atoms with E-state index in [2.05, 4.69) is 10.3 Å². The predicted molar refractivity (Wildman–Crippen MR) is 88.6 cm³/mol. The van der Waals surface area contributed by atoms with Crippen LogP contribution in [0.4, 0.5) is 4.39 Å². The van der Waals surface area contributed by atoms with Crippen LogP contribution in [-0.2, 0) is 4.79 Å². The van der Waals surface area contributed by atoms with E-state index in [1.54, 1.807) is 25.3 Å². The summed E-state index contributed by atoms with van der Waals surface area (Å²) in [5.74, 6) is 0.401. The highest BCUT2D eigenvalue weighted by Gasteiger charge is 2.21. The highest BCUT2D eigenvalue weighted by Crippen LogP contribution is 2.21. The Morgan fingerprint density at radius 1 is 1.12 bits per heavy atom. The molecule has 0 spiro atoms. The number of amidine groups is 1. The van der Waals surface area contributed by atoms with Crippen LogP contribution in [0.2, 0.25) is 0 Å². The fourth-order valence-corrected chi connectivity index (χ4v) is 2.31. The predicted octanol–water partition coefficient (Wildman–Crippen LogP) is 2.76. The second-order valence-corrected chi connectivity index (χ2v) is 5.07. The van der Waals surface area contributed by atoms with E-state index in [4.69, 9.17) is 9.47 Å². The van der Waals surface area contributed by atoms with Crippen molar-refractivity contribution in [2.75, 3.05) is 14.2 Å². The Morgan fingerprint density at radius 2 is 1.96 bits per heavy atom. The third-order valence-electron chi connectivity index (χ3n) is 3.52. The Bertz CT molecular complexity index is 859. The Hall–Kier alpha value is -3.15. The minimum absolute atomic E-state index is 0.147. The summed E-state index contributed by atoms with van der Waals surface area (Å²) in [6.45, 7) is 0. The fraction of sp³-hybridized carbons (Fsp3) is 0.111. The summed E-state index contributed by atoms with van der Waals surface area (Å²) in [5.41, 5.74) is 1.46. The van der Waals surface area contributed by atoms with Crippen LogP contribution in [-0.4, -0.2) is 26.0 Å². The minimum atomic E-state index is -0.498. The van der Waals surface area contributed by atoms with Gasteiger partial charge in [-0.3, -0.25) is 4.79 Å². The quantitative estimate of drug-likeness (QED) is 0.879. The van der Waals surface area contributed by atoms with Gasteiger partial charge in [0.15, 0.2) is 11.6 Å². The molecule has 1 N–H and O–H groups in total. The van der Waals surface area contributed by atoms with Gasteiger partial charge in [0.1, 0.15) is 17.3 Å². The lowest BCUT2D eigenvalue weighted by atomic mass is 10.2. The van der Waals surface area contributed by atoms with Crippen molar-refractivity contribution in [2.24, 2.45) is 4.99 Å². The number of hydrogen-bond donors (Lipinski definition) is 1. The first kappa shape index (κ1) is 15.7. The highest BCUT2D eigenvalue weighted by atomic mass is 19.1. The lowest BCUT2D eigenvalue weighted by Crippen LogP contribution is -2.24. The Morgan fingerprint density at radius 3 is 2.67 bits per heavy atom. The second kappa shape index (κ2) is 6.54. The van der Waals surface area contributed by atoms with E-state index in [9.17, 15) is 9.18 Å². The Balaban J connectivity index is 1.92. The van der Waals surface area contributed by atoms with Crippen LogP contribution in [0.3, 0.4) is 0 Å². The molecule has 1 heterocycles. The zero-order valence-corrected chi connectivity index (χ0v) is 13.2. The van der Waals surface area contributed by atoms with Crippen molar-refractivity contribution in [2.45, 2.75) is 0 Å². The third kappa shape index (κ3) is 3.12. The Labute approximate surface area is 138 Å². The molecule has 122 valence electrons. The van der Waals surface area contributed by atoms with Gasteiger partial charge in [-0.15, -0.1) is 0 Å². The molecule has 0 radical (unpaired) electrons. The molecule has 0 aromatic heterocycles. The van der Waals surface area contributed by atoms with Crippen LogP contribution >= 0.6 is 0 Å². The molecule has 24 heavy (non-hydrogen) atoms. The van der Waals surface area contributed by atoms with E-state index in [0.29, 0.717) is 17.1 Å². The molecule has 0 saturated carbocycles. The first-order chi connectivity index (χ1) is 11.6. The number of aliphatic imine (C=N–C) groups is 1. The van der Waals surface area contributed by atoms with Gasteiger partial charge in [0, 0.05) is 5.56 Å². The van der Waals surface area contributed by atoms with Gasteiger partial charge in [0.25, 0.3) is 5.91 Å². The number of methoxy groups -OCH3 is 2. The molecule has 2 aromatic rings. The highest BCUT2D eigenvalue weighted by molar-refractivity contribution is 6.19. The van der Waals surface area contributed by atoms with Crippen molar-refractivity contribution in [1.29, 1.82) is 0 Å². The summed E-state index contributed by atoms with van der Waals surface area (Å²) in [5, 5.41) is 2.70. The average Bonchev–Trinajstić information content (AvgIpc) is 2.96.